The Kier molecular flexibility index (Phi) is 4.92. The molecule has 1 aromatic carbocycles. The number of methoxy groups -OCH3 is 1. The first kappa shape index (κ1) is 18.9. The largest absolute Gasteiger partial charge is 0.491 e. The number of hydrogen-bond acceptors (Lipinski definition) is 6. The number of carbonyl (C=O) groups is 1. The highest BCUT2D eigenvalue weighted by Crippen LogP contribution is 2.34. The molecule has 0 saturated heterocycles. The number of rotatable bonds is 4. The first-order chi connectivity index (χ1) is 14.0. The Bertz CT molecular complexity index is 1090. The number of esters is 1. The standard InChI is InChI=1S/C21H23N5O3/c1-13(2)26-21(22-14(3)24-26)17-12-25-9-10-29-18-11-15(6-8-19(27)28-4)5-7-16(18)20(25)23-17/h5-8,11-13H,9-10H2,1-4H3. The van der Waals surface area contributed by atoms with Crippen LogP contribution in [-0.4, -0.2) is 44.0 Å². The van der Waals surface area contributed by atoms with E-state index in [4.69, 9.17) is 9.72 Å². The van der Waals surface area contributed by atoms with Crippen LogP contribution >= 0.6 is 0 Å². The highest BCUT2D eigenvalue weighted by Gasteiger charge is 2.22. The van der Waals surface area contributed by atoms with Gasteiger partial charge >= 0.3 is 5.97 Å². The van der Waals surface area contributed by atoms with Gasteiger partial charge in [-0.1, -0.05) is 6.07 Å². The molecule has 29 heavy (non-hydrogen) atoms. The van der Waals surface area contributed by atoms with Crippen molar-refractivity contribution in [1.29, 1.82) is 0 Å². The van der Waals surface area contributed by atoms with E-state index in [9.17, 15) is 4.79 Å². The molecule has 4 rings (SSSR count). The van der Waals surface area contributed by atoms with Crippen molar-refractivity contribution in [2.24, 2.45) is 0 Å². The summed E-state index contributed by atoms with van der Waals surface area (Å²) in [5.74, 6) is 2.65. The third-order valence-corrected chi connectivity index (χ3v) is 4.68. The number of fused-ring (bicyclic) bond motifs is 3. The van der Waals surface area contributed by atoms with Crippen molar-refractivity contribution in [3.63, 3.8) is 0 Å². The Hall–Kier alpha value is -3.42. The molecule has 8 nitrogen and oxygen atoms in total. The summed E-state index contributed by atoms with van der Waals surface area (Å²) in [4.78, 5) is 20.8. The summed E-state index contributed by atoms with van der Waals surface area (Å²) in [5.41, 5.74) is 2.54. The Morgan fingerprint density at radius 1 is 1.28 bits per heavy atom. The fourth-order valence-electron chi connectivity index (χ4n) is 3.31. The Morgan fingerprint density at radius 3 is 2.86 bits per heavy atom. The van der Waals surface area contributed by atoms with E-state index in [0.29, 0.717) is 13.2 Å². The molecule has 0 bridgehead atoms. The lowest BCUT2D eigenvalue weighted by Crippen LogP contribution is -2.06. The predicted octanol–water partition coefficient (Wildman–Crippen LogP) is 3.28. The number of aryl methyl sites for hydroxylation is 1. The van der Waals surface area contributed by atoms with Gasteiger partial charge < -0.3 is 14.0 Å². The minimum Gasteiger partial charge on any atom is -0.491 e. The number of ether oxygens (including phenoxy) is 2. The smallest absolute Gasteiger partial charge is 0.330 e. The predicted molar refractivity (Wildman–Crippen MR) is 108 cm³/mol. The lowest BCUT2D eigenvalue weighted by Gasteiger charge is -2.08. The maximum atomic E-state index is 11.3. The number of hydrogen-bond donors (Lipinski definition) is 0. The summed E-state index contributed by atoms with van der Waals surface area (Å²) < 4.78 is 14.6. The van der Waals surface area contributed by atoms with Crippen molar-refractivity contribution in [3.05, 3.63) is 41.9 Å². The van der Waals surface area contributed by atoms with Gasteiger partial charge in [0.2, 0.25) is 0 Å². The average molecular weight is 393 g/mol. The third-order valence-electron chi connectivity index (χ3n) is 4.68. The van der Waals surface area contributed by atoms with E-state index in [-0.39, 0.29) is 6.04 Å². The van der Waals surface area contributed by atoms with Crippen molar-refractivity contribution in [3.8, 4) is 28.7 Å². The number of benzene rings is 1. The van der Waals surface area contributed by atoms with E-state index in [1.54, 1.807) is 6.08 Å². The van der Waals surface area contributed by atoms with Crippen LogP contribution in [0.2, 0.25) is 0 Å². The van der Waals surface area contributed by atoms with Gasteiger partial charge in [0.1, 0.15) is 29.7 Å². The highest BCUT2D eigenvalue weighted by molar-refractivity contribution is 5.87. The molecule has 150 valence electrons. The quantitative estimate of drug-likeness (QED) is 0.500. The topological polar surface area (TPSA) is 84.1 Å². The molecule has 0 saturated carbocycles. The molecular formula is C21H23N5O3. The molecular weight excluding hydrogens is 370 g/mol. The number of nitrogens with zero attached hydrogens (tertiary/aromatic N) is 5. The molecule has 1 aliphatic heterocycles. The highest BCUT2D eigenvalue weighted by atomic mass is 16.5. The first-order valence-electron chi connectivity index (χ1n) is 9.50. The molecule has 0 aliphatic carbocycles. The van der Waals surface area contributed by atoms with Gasteiger partial charge in [-0.05, 0) is 44.5 Å². The lowest BCUT2D eigenvalue weighted by molar-refractivity contribution is -0.134. The summed E-state index contributed by atoms with van der Waals surface area (Å²) in [6.07, 6.45) is 5.09. The van der Waals surface area contributed by atoms with Crippen LogP contribution in [0.25, 0.3) is 29.0 Å². The molecule has 3 heterocycles. The van der Waals surface area contributed by atoms with Crippen LogP contribution in [0.1, 0.15) is 31.3 Å². The van der Waals surface area contributed by atoms with Crippen LogP contribution < -0.4 is 4.74 Å². The summed E-state index contributed by atoms with van der Waals surface area (Å²) >= 11 is 0. The van der Waals surface area contributed by atoms with Crippen molar-refractivity contribution in [1.82, 2.24) is 24.3 Å². The number of imidazole rings is 1. The molecule has 0 spiro atoms. The van der Waals surface area contributed by atoms with Gasteiger partial charge in [0.05, 0.1) is 19.2 Å². The third kappa shape index (κ3) is 3.65. The van der Waals surface area contributed by atoms with Gasteiger partial charge in [-0.2, -0.15) is 5.10 Å². The van der Waals surface area contributed by atoms with E-state index in [2.05, 4.69) is 33.2 Å². The molecule has 3 aromatic rings. The maximum Gasteiger partial charge on any atom is 0.330 e. The van der Waals surface area contributed by atoms with Gasteiger partial charge in [-0.3, -0.25) is 0 Å². The minimum atomic E-state index is -0.398. The molecule has 0 fully saturated rings. The zero-order chi connectivity index (χ0) is 20.5. The van der Waals surface area contributed by atoms with Crippen LogP contribution in [0.15, 0.2) is 30.5 Å². The molecule has 0 unspecified atom stereocenters. The summed E-state index contributed by atoms with van der Waals surface area (Å²) in [7, 11) is 1.35. The van der Waals surface area contributed by atoms with E-state index in [1.807, 2.05) is 36.0 Å². The normalized spacial score (nSPS) is 13.1. The van der Waals surface area contributed by atoms with Gasteiger partial charge in [0.25, 0.3) is 0 Å². The Balaban J connectivity index is 1.74. The molecule has 2 aromatic heterocycles. The SMILES string of the molecule is COC(=O)C=Cc1ccc2c(c1)OCCn1cc(-c3nc(C)nn3C(C)C)nc1-2. The summed E-state index contributed by atoms with van der Waals surface area (Å²) in [6, 6.07) is 5.97. The molecule has 8 heteroatoms. The summed E-state index contributed by atoms with van der Waals surface area (Å²) in [6.45, 7) is 7.24. The van der Waals surface area contributed by atoms with Crippen molar-refractivity contribution in [2.75, 3.05) is 13.7 Å². The van der Waals surface area contributed by atoms with Gasteiger partial charge in [0, 0.05) is 18.3 Å². The second kappa shape index (κ2) is 7.54. The van der Waals surface area contributed by atoms with Crippen LogP contribution in [0, 0.1) is 6.92 Å². The fourth-order valence-corrected chi connectivity index (χ4v) is 3.31. The van der Waals surface area contributed by atoms with Crippen LogP contribution in [-0.2, 0) is 16.1 Å². The maximum absolute atomic E-state index is 11.3. The zero-order valence-corrected chi connectivity index (χ0v) is 16.9. The van der Waals surface area contributed by atoms with E-state index in [1.165, 1.54) is 13.2 Å². The van der Waals surface area contributed by atoms with Gasteiger partial charge in [-0.25, -0.2) is 19.4 Å². The lowest BCUT2D eigenvalue weighted by atomic mass is 10.1. The van der Waals surface area contributed by atoms with Crippen LogP contribution in [0.5, 0.6) is 5.75 Å². The van der Waals surface area contributed by atoms with Gasteiger partial charge in [-0.15, -0.1) is 0 Å². The van der Waals surface area contributed by atoms with Crippen molar-refractivity contribution < 1.29 is 14.3 Å². The zero-order valence-electron chi connectivity index (χ0n) is 16.9. The fraction of sp³-hybridized carbons (Fsp3) is 0.333. The molecule has 0 radical (unpaired) electrons. The molecule has 0 amide bonds. The van der Waals surface area contributed by atoms with E-state index in [0.717, 1.165) is 40.0 Å². The number of carbonyl (C=O) groups excluding carboxylic acids is 1. The second-order valence-corrected chi connectivity index (χ2v) is 7.12. The minimum absolute atomic E-state index is 0.187. The van der Waals surface area contributed by atoms with Crippen LogP contribution in [0.3, 0.4) is 0 Å². The van der Waals surface area contributed by atoms with E-state index < -0.39 is 5.97 Å². The Labute approximate surface area is 168 Å². The molecule has 1 aliphatic rings. The Morgan fingerprint density at radius 2 is 2.10 bits per heavy atom. The monoisotopic (exact) mass is 393 g/mol. The van der Waals surface area contributed by atoms with Crippen molar-refractivity contribution >= 4 is 12.0 Å². The molecule has 0 atom stereocenters. The van der Waals surface area contributed by atoms with Gasteiger partial charge in [0.15, 0.2) is 5.82 Å². The second-order valence-electron chi connectivity index (χ2n) is 7.12. The first-order valence-corrected chi connectivity index (χ1v) is 9.50. The summed E-state index contributed by atoms with van der Waals surface area (Å²) in [5, 5.41) is 4.50. The van der Waals surface area contributed by atoms with Crippen molar-refractivity contribution in [2.45, 2.75) is 33.4 Å². The van der Waals surface area contributed by atoms with Crippen LogP contribution in [0.4, 0.5) is 0 Å². The average Bonchev–Trinajstić information content (AvgIpc) is 3.26. The van der Waals surface area contributed by atoms with E-state index >= 15 is 0 Å². The molecule has 0 N–H and O–H groups in total. The number of aromatic nitrogens is 5.